The molecule has 0 radical (unpaired) electrons. The highest BCUT2D eigenvalue weighted by Gasteiger charge is 2.28. The highest BCUT2D eigenvalue weighted by Crippen LogP contribution is 2.39. The largest absolute Gasteiger partial charge is 0.495 e. The molecule has 8 heteroatoms. The summed E-state index contributed by atoms with van der Waals surface area (Å²) in [6, 6.07) is 2.79. The molecule has 1 atom stereocenters. The van der Waals surface area contributed by atoms with E-state index in [1.165, 1.54) is 14.2 Å². The van der Waals surface area contributed by atoms with Crippen molar-refractivity contribution in [2.45, 2.75) is 12.2 Å². The van der Waals surface area contributed by atoms with Crippen LogP contribution in [0.1, 0.15) is 11.6 Å². The molecule has 0 aromatic heterocycles. The molecular formula is C13H17ClF3NO3. The summed E-state index contributed by atoms with van der Waals surface area (Å²) >= 11 is 6.12. The van der Waals surface area contributed by atoms with Crippen LogP contribution < -0.4 is 14.8 Å². The van der Waals surface area contributed by atoms with Crippen LogP contribution in [0.3, 0.4) is 0 Å². The molecule has 1 rings (SSSR count). The number of halogens is 4. The topological polar surface area (TPSA) is 39.7 Å². The van der Waals surface area contributed by atoms with Crippen molar-refractivity contribution < 1.29 is 27.4 Å². The zero-order valence-electron chi connectivity index (χ0n) is 11.9. The van der Waals surface area contributed by atoms with Gasteiger partial charge in [0.25, 0.3) is 0 Å². The number of alkyl halides is 3. The number of likely N-dealkylation sites (N-methyl/N-ethyl adjacent to an activating group) is 1. The maximum Gasteiger partial charge on any atom is 0.411 e. The zero-order chi connectivity index (χ0) is 16.0. The van der Waals surface area contributed by atoms with Gasteiger partial charge in [0.1, 0.15) is 23.1 Å². The van der Waals surface area contributed by atoms with E-state index in [0.29, 0.717) is 17.1 Å². The van der Waals surface area contributed by atoms with Crippen LogP contribution in [0.25, 0.3) is 0 Å². The molecule has 21 heavy (non-hydrogen) atoms. The van der Waals surface area contributed by atoms with E-state index in [-0.39, 0.29) is 11.6 Å². The molecule has 1 unspecified atom stereocenters. The third-order valence-corrected chi connectivity index (χ3v) is 3.15. The lowest BCUT2D eigenvalue weighted by molar-refractivity contribution is -0.175. The Bertz CT molecular complexity index is 469. The van der Waals surface area contributed by atoms with Crippen molar-refractivity contribution in [2.24, 2.45) is 0 Å². The van der Waals surface area contributed by atoms with Crippen molar-refractivity contribution in [3.05, 3.63) is 22.7 Å². The molecular weight excluding hydrogens is 311 g/mol. The summed E-state index contributed by atoms with van der Waals surface area (Å²) in [5.74, 6) is 0.759. The van der Waals surface area contributed by atoms with E-state index >= 15 is 0 Å². The number of hydrogen-bond acceptors (Lipinski definition) is 4. The van der Waals surface area contributed by atoms with Crippen LogP contribution >= 0.6 is 11.6 Å². The van der Waals surface area contributed by atoms with Crippen LogP contribution in [0.4, 0.5) is 13.2 Å². The molecule has 0 aliphatic carbocycles. The van der Waals surface area contributed by atoms with E-state index in [1.54, 1.807) is 19.2 Å². The molecule has 1 aromatic rings. The monoisotopic (exact) mass is 327 g/mol. The average Bonchev–Trinajstić information content (AvgIpc) is 2.42. The third kappa shape index (κ3) is 4.94. The Balaban J connectivity index is 2.92. The fourth-order valence-electron chi connectivity index (χ4n) is 1.81. The molecule has 0 saturated carbocycles. The fourth-order valence-corrected chi connectivity index (χ4v) is 2.14. The first-order valence-electron chi connectivity index (χ1n) is 6.06. The van der Waals surface area contributed by atoms with Crippen molar-refractivity contribution in [1.82, 2.24) is 5.32 Å². The Labute approximate surface area is 126 Å². The molecule has 0 aliphatic rings. The molecule has 0 bridgehead atoms. The Hall–Kier alpha value is -1.18. The smallest absolute Gasteiger partial charge is 0.411 e. The molecule has 0 heterocycles. The molecule has 4 nitrogen and oxygen atoms in total. The number of hydrogen-bond donors (Lipinski definition) is 1. The lowest BCUT2D eigenvalue weighted by atomic mass is 10.1. The lowest BCUT2D eigenvalue weighted by Gasteiger charge is -2.21. The van der Waals surface area contributed by atoms with Crippen LogP contribution in [0.2, 0.25) is 5.02 Å². The van der Waals surface area contributed by atoms with Gasteiger partial charge in [-0.15, -0.1) is 0 Å². The minimum Gasteiger partial charge on any atom is -0.495 e. The SMILES string of the molecule is CNC(COCC(F)(F)F)c1ccc(OC)c(Cl)c1OC. The normalized spacial score (nSPS) is 13.1. The van der Waals surface area contributed by atoms with E-state index in [9.17, 15) is 13.2 Å². The fraction of sp³-hybridized carbons (Fsp3) is 0.538. The van der Waals surface area contributed by atoms with Crippen molar-refractivity contribution in [3.8, 4) is 11.5 Å². The average molecular weight is 328 g/mol. The predicted octanol–water partition coefficient (Wildman–Crippen LogP) is 3.20. The summed E-state index contributed by atoms with van der Waals surface area (Å²) < 4.78 is 51.3. The van der Waals surface area contributed by atoms with E-state index in [2.05, 4.69) is 10.1 Å². The number of methoxy groups -OCH3 is 2. The van der Waals surface area contributed by atoms with E-state index in [1.807, 2.05) is 0 Å². The Morgan fingerprint density at radius 1 is 1.24 bits per heavy atom. The Morgan fingerprint density at radius 3 is 2.38 bits per heavy atom. The van der Waals surface area contributed by atoms with Gasteiger partial charge in [-0.05, 0) is 19.2 Å². The summed E-state index contributed by atoms with van der Waals surface area (Å²) in [6.45, 7) is -1.48. The maximum atomic E-state index is 12.1. The summed E-state index contributed by atoms with van der Waals surface area (Å²) in [7, 11) is 4.49. The van der Waals surface area contributed by atoms with Crippen molar-refractivity contribution in [1.29, 1.82) is 0 Å². The van der Waals surface area contributed by atoms with Gasteiger partial charge >= 0.3 is 6.18 Å². The Kier molecular flexibility index (Phi) is 6.57. The van der Waals surface area contributed by atoms with E-state index in [0.717, 1.165) is 0 Å². The highest BCUT2D eigenvalue weighted by atomic mass is 35.5. The molecule has 0 spiro atoms. The van der Waals surface area contributed by atoms with Crippen LogP contribution in [0.5, 0.6) is 11.5 Å². The quantitative estimate of drug-likeness (QED) is 0.835. The van der Waals surface area contributed by atoms with Gasteiger partial charge in [-0.25, -0.2) is 0 Å². The maximum absolute atomic E-state index is 12.1. The second kappa shape index (κ2) is 7.72. The van der Waals surface area contributed by atoms with Crippen LogP contribution in [0.15, 0.2) is 12.1 Å². The number of rotatable bonds is 7. The summed E-state index contributed by atoms with van der Waals surface area (Å²) in [5, 5.41) is 3.13. The zero-order valence-corrected chi connectivity index (χ0v) is 12.6. The van der Waals surface area contributed by atoms with Gasteiger partial charge in [-0.1, -0.05) is 11.6 Å². The molecule has 1 aromatic carbocycles. The summed E-state index contributed by atoms with van der Waals surface area (Å²) in [6.07, 6.45) is -4.36. The van der Waals surface area contributed by atoms with Crippen LogP contribution in [0, 0.1) is 0 Å². The summed E-state index contributed by atoms with van der Waals surface area (Å²) in [4.78, 5) is 0. The highest BCUT2D eigenvalue weighted by molar-refractivity contribution is 6.33. The molecule has 1 N–H and O–H groups in total. The minimum atomic E-state index is -4.36. The second-order valence-electron chi connectivity index (χ2n) is 4.18. The molecule has 0 amide bonds. The van der Waals surface area contributed by atoms with Crippen molar-refractivity contribution in [2.75, 3.05) is 34.5 Å². The van der Waals surface area contributed by atoms with Crippen LogP contribution in [-0.4, -0.2) is 40.7 Å². The lowest BCUT2D eigenvalue weighted by Crippen LogP contribution is -2.26. The standard InChI is InChI=1S/C13H17ClF3NO3/c1-18-9(6-21-7-13(15,16)17)8-4-5-10(19-2)11(14)12(8)20-3/h4-5,9,18H,6-7H2,1-3H3. The van der Waals surface area contributed by atoms with Crippen molar-refractivity contribution in [3.63, 3.8) is 0 Å². The van der Waals surface area contributed by atoms with Gasteiger partial charge < -0.3 is 19.5 Å². The van der Waals surface area contributed by atoms with Gasteiger partial charge in [-0.2, -0.15) is 13.2 Å². The van der Waals surface area contributed by atoms with Gasteiger partial charge in [0.05, 0.1) is 26.9 Å². The summed E-state index contributed by atoms with van der Waals surface area (Å²) in [5.41, 5.74) is 0.591. The van der Waals surface area contributed by atoms with Gasteiger partial charge in [0.2, 0.25) is 0 Å². The molecule has 0 saturated heterocycles. The first kappa shape index (κ1) is 17.9. The number of nitrogens with one attached hydrogen (secondary N) is 1. The Morgan fingerprint density at radius 2 is 1.90 bits per heavy atom. The first-order valence-corrected chi connectivity index (χ1v) is 6.44. The van der Waals surface area contributed by atoms with Gasteiger partial charge in [0, 0.05) is 5.56 Å². The second-order valence-corrected chi connectivity index (χ2v) is 4.55. The van der Waals surface area contributed by atoms with Gasteiger partial charge in [-0.3, -0.25) is 0 Å². The predicted molar refractivity (Wildman–Crippen MR) is 73.2 cm³/mol. The third-order valence-electron chi connectivity index (χ3n) is 2.79. The van der Waals surface area contributed by atoms with E-state index < -0.39 is 18.8 Å². The van der Waals surface area contributed by atoms with Crippen molar-refractivity contribution >= 4 is 11.6 Å². The van der Waals surface area contributed by atoms with E-state index in [4.69, 9.17) is 21.1 Å². The number of ether oxygens (including phenoxy) is 3. The first-order chi connectivity index (χ1) is 9.84. The van der Waals surface area contributed by atoms with Crippen LogP contribution in [-0.2, 0) is 4.74 Å². The molecule has 0 fully saturated rings. The minimum absolute atomic E-state index is 0.172. The number of benzene rings is 1. The van der Waals surface area contributed by atoms with Gasteiger partial charge in [0.15, 0.2) is 0 Å². The molecule has 0 aliphatic heterocycles. The molecule has 120 valence electrons.